The summed E-state index contributed by atoms with van der Waals surface area (Å²) in [6.07, 6.45) is 6.40. The number of nitrogens with one attached hydrogen (secondary N) is 2. The van der Waals surface area contributed by atoms with Crippen LogP contribution in [0.1, 0.15) is 36.2 Å². The Morgan fingerprint density at radius 1 is 0.906 bits per heavy atom. The molecule has 2 N–H and O–H groups in total. The van der Waals surface area contributed by atoms with Gasteiger partial charge in [0.2, 0.25) is 5.95 Å². The van der Waals surface area contributed by atoms with E-state index in [0.717, 1.165) is 28.2 Å². The van der Waals surface area contributed by atoms with E-state index in [2.05, 4.69) is 39.4 Å². The summed E-state index contributed by atoms with van der Waals surface area (Å²) in [7, 11) is 0. The molecule has 0 spiro atoms. The van der Waals surface area contributed by atoms with E-state index in [9.17, 15) is 4.79 Å². The largest absolute Gasteiger partial charge is 0.324 e. The number of amides is 1. The molecule has 0 fully saturated rings. The minimum absolute atomic E-state index is 0.175. The van der Waals surface area contributed by atoms with Crippen LogP contribution in [0.25, 0.3) is 11.3 Å². The Morgan fingerprint density at radius 2 is 1.62 bits per heavy atom. The van der Waals surface area contributed by atoms with E-state index >= 15 is 0 Å². The third-order valence-electron chi connectivity index (χ3n) is 4.41. The molecule has 6 heteroatoms. The Morgan fingerprint density at radius 3 is 2.34 bits per heavy atom. The van der Waals surface area contributed by atoms with E-state index in [1.165, 1.54) is 6.42 Å². The fraction of sp³-hybridized carbons (Fsp3) is 0.154. The van der Waals surface area contributed by atoms with Gasteiger partial charge < -0.3 is 10.6 Å². The average Bonchev–Trinajstić information content (AvgIpc) is 2.82. The number of pyridine rings is 1. The van der Waals surface area contributed by atoms with Crippen LogP contribution in [0.15, 0.2) is 85.3 Å². The highest BCUT2D eigenvalue weighted by molar-refractivity contribution is 6.05. The van der Waals surface area contributed by atoms with Gasteiger partial charge in [-0.2, -0.15) is 0 Å². The van der Waals surface area contributed by atoms with Crippen molar-refractivity contribution in [3.63, 3.8) is 0 Å². The molecule has 2 aromatic carbocycles. The fourth-order valence-corrected chi connectivity index (χ4v) is 2.85. The van der Waals surface area contributed by atoms with Gasteiger partial charge in [-0.25, -0.2) is 9.97 Å². The van der Waals surface area contributed by atoms with E-state index in [1.54, 1.807) is 30.7 Å². The molecule has 0 saturated heterocycles. The van der Waals surface area contributed by atoms with Gasteiger partial charge in [0, 0.05) is 41.1 Å². The van der Waals surface area contributed by atoms with E-state index in [-0.39, 0.29) is 5.91 Å². The van der Waals surface area contributed by atoms with E-state index in [0.29, 0.717) is 11.5 Å². The van der Waals surface area contributed by atoms with Gasteiger partial charge in [0.25, 0.3) is 5.91 Å². The lowest BCUT2D eigenvalue weighted by Crippen LogP contribution is -2.12. The number of aromatic nitrogens is 3. The summed E-state index contributed by atoms with van der Waals surface area (Å²) < 4.78 is 0. The number of aryl methyl sites for hydroxylation is 1. The third kappa shape index (κ3) is 6.22. The molecule has 0 bridgehead atoms. The number of anilines is 3. The first-order valence-electron chi connectivity index (χ1n) is 10.6. The van der Waals surface area contributed by atoms with Crippen molar-refractivity contribution >= 4 is 23.2 Å². The van der Waals surface area contributed by atoms with Crippen LogP contribution in [0, 0.1) is 6.92 Å². The summed E-state index contributed by atoms with van der Waals surface area (Å²) in [5, 5.41) is 6.12. The molecule has 32 heavy (non-hydrogen) atoms. The minimum Gasteiger partial charge on any atom is -0.324 e. The van der Waals surface area contributed by atoms with Crippen LogP contribution in [0.3, 0.4) is 0 Å². The maximum Gasteiger partial charge on any atom is 0.255 e. The van der Waals surface area contributed by atoms with Gasteiger partial charge in [-0.15, -0.1) is 0 Å². The minimum atomic E-state index is -0.175. The Labute approximate surface area is 188 Å². The molecule has 162 valence electrons. The molecule has 0 aliphatic carbocycles. The van der Waals surface area contributed by atoms with E-state index in [4.69, 9.17) is 0 Å². The molecular formula is C26H27N5O. The zero-order valence-corrected chi connectivity index (χ0v) is 18.5. The lowest BCUT2D eigenvalue weighted by molar-refractivity contribution is 0.102. The molecular weight excluding hydrogens is 398 g/mol. The van der Waals surface area contributed by atoms with Gasteiger partial charge in [-0.1, -0.05) is 44.5 Å². The molecule has 4 rings (SSSR count). The fourth-order valence-electron chi connectivity index (χ4n) is 2.85. The standard InChI is InChI=1S/C23H19N5O.C3H8/c1-16-7-8-18(22(29)26-19-5-3-2-4-6-19)15-21(16)28-23-25-14-11-20(27-23)17-9-12-24-13-10-17;1-3-2/h2-15H,1H3,(H,26,29)(H,25,27,28);3H2,1-2H3. The maximum atomic E-state index is 12.6. The zero-order chi connectivity index (χ0) is 22.8. The molecule has 0 aliphatic rings. The first kappa shape index (κ1) is 22.6. The second-order valence-corrected chi connectivity index (χ2v) is 7.18. The summed E-state index contributed by atoms with van der Waals surface area (Å²) in [5.41, 5.74) is 4.81. The van der Waals surface area contributed by atoms with Crippen LogP contribution in [0.2, 0.25) is 0 Å². The topological polar surface area (TPSA) is 79.8 Å². The summed E-state index contributed by atoms with van der Waals surface area (Å²) in [4.78, 5) is 25.5. The highest BCUT2D eigenvalue weighted by Crippen LogP contribution is 2.23. The SMILES string of the molecule is CCC.Cc1ccc(C(=O)Nc2ccccc2)cc1Nc1nccc(-c2ccncc2)n1. The van der Waals surface area contributed by atoms with Crippen molar-refractivity contribution in [2.24, 2.45) is 0 Å². The number of hydrogen-bond donors (Lipinski definition) is 2. The van der Waals surface area contributed by atoms with Crippen LogP contribution in [0.4, 0.5) is 17.3 Å². The molecule has 0 atom stereocenters. The van der Waals surface area contributed by atoms with Crippen LogP contribution in [0.5, 0.6) is 0 Å². The van der Waals surface area contributed by atoms with Crippen LogP contribution in [-0.4, -0.2) is 20.9 Å². The van der Waals surface area contributed by atoms with E-state index < -0.39 is 0 Å². The second-order valence-electron chi connectivity index (χ2n) is 7.18. The summed E-state index contributed by atoms with van der Waals surface area (Å²) in [6, 6.07) is 20.5. The molecule has 0 aliphatic heterocycles. The lowest BCUT2D eigenvalue weighted by Gasteiger charge is -2.11. The number of para-hydroxylation sites is 1. The Hall–Kier alpha value is -4.06. The molecule has 0 saturated carbocycles. The Kier molecular flexibility index (Phi) is 8.03. The van der Waals surface area contributed by atoms with Crippen molar-refractivity contribution in [1.29, 1.82) is 0 Å². The monoisotopic (exact) mass is 425 g/mol. The van der Waals surface area contributed by atoms with Crippen LogP contribution >= 0.6 is 0 Å². The molecule has 6 nitrogen and oxygen atoms in total. The molecule has 0 unspecified atom stereocenters. The summed E-state index contributed by atoms with van der Waals surface area (Å²) in [5.74, 6) is 0.286. The predicted molar refractivity (Wildman–Crippen MR) is 130 cm³/mol. The summed E-state index contributed by atoms with van der Waals surface area (Å²) >= 11 is 0. The van der Waals surface area contributed by atoms with Crippen molar-refractivity contribution < 1.29 is 4.79 Å². The van der Waals surface area contributed by atoms with Gasteiger partial charge in [0.05, 0.1) is 5.69 Å². The molecule has 0 radical (unpaired) electrons. The van der Waals surface area contributed by atoms with Gasteiger partial charge in [0.15, 0.2) is 0 Å². The van der Waals surface area contributed by atoms with Gasteiger partial charge in [0.1, 0.15) is 0 Å². The normalized spacial score (nSPS) is 9.97. The summed E-state index contributed by atoms with van der Waals surface area (Å²) in [6.45, 7) is 6.22. The number of benzene rings is 2. The number of carbonyl (C=O) groups excluding carboxylic acids is 1. The Balaban J connectivity index is 0.000000913. The number of carbonyl (C=O) groups is 1. The third-order valence-corrected chi connectivity index (χ3v) is 4.41. The average molecular weight is 426 g/mol. The van der Waals surface area contributed by atoms with Crippen LogP contribution < -0.4 is 10.6 Å². The first-order chi connectivity index (χ1) is 15.6. The van der Waals surface area contributed by atoms with Crippen molar-refractivity contribution in [2.45, 2.75) is 27.2 Å². The first-order valence-corrected chi connectivity index (χ1v) is 10.6. The van der Waals surface area contributed by atoms with Crippen molar-refractivity contribution in [2.75, 3.05) is 10.6 Å². The molecule has 4 aromatic rings. The zero-order valence-electron chi connectivity index (χ0n) is 18.5. The van der Waals surface area contributed by atoms with Crippen molar-refractivity contribution in [3.8, 4) is 11.3 Å². The lowest BCUT2D eigenvalue weighted by atomic mass is 10.1. The van der Waals surface area contributed by atoms with Crippen molar-refractivity contribution in [1.82, 2.24) is 15.0 Å². The molecule has 2 heterocycles. The van der Waals surface area contributed by atoms with E-state index in [1.807, 2.05) is 61.5 Å². The van der Waals surface area contributed by atoms with Crippen LogP contribution in [-0.2, 0) is 0 Å². The number of nitrogens with zero attached hydrogens (tertiary/aromatic N) is 3. The number of rotatable bonds is 5. The second kappa shape index (κ2) is 11.4. The Bertz CT molecular complexity index is 1150. The van der Waals surface area contributed by atoms with Gasteiger partial charge >= 0.3 is 0 Å². The van der Waals surface area contributed by atoms with Gasteiger partial charge in [-0.05, 0) is 55.0 Å². The molecule has 2 aromatic heterocycles. The quantitative estimate of drug-likeness (QED) is 0.394. The van der Waals surface area contributed by atoms with Crippen molar-refractivity contribution in [3.05, 3.63) is 96.4 Å². The predicted octanol–water partition coefficient (Wildman–Crippen LogP) is 6.26. The number of hydrogen-bond acceptors (Lipinski definition) is 5. The maximum absolute atomic E-state index is 12.6. The smallest absolute Gasteiger partial charge is 0.255 e. The van der Waals surface area contributed by atoms with Gasteiger partial charge in [-0.3, -0.25) is 9.78 Å². The highest BCUT2D eigenvalue weighted by Gasteiger charge is 2.10. The highest BCUT2D eigenvalue weighted by atomic mass is 16.1. The molecule has 1 amide bonds.